The minimum Gasteiger partial charge on any atom is -0.505 e. The predicted octanol–water partition coefficient (Wildman–Crippen LogP) is -0.218. The molecule has 2 rings (SSSR count). The van der Waals surface area contributed by atoms with Gasteiger partial charge in [0.25, 0.3) is 0 Å². The van der Waals surface area contributed by atoms with Gasteiger partial charge in [0.05, 0.1) is 6.33 Å². The number of ether oxygens (including phenoxy) is 1. The fourth-order valence-corrected chi connectivity index (χ4v) is 1.24. The van der Waals surface area contributed by atoms with E-state index in [0.29, 0.717) is 6.73 Å². The lowest BCUT2D eigenvalue weighted by Gasteiger charge is -1.96. The van der Waals surface area contributed by atoms with Crippen LogP contribution in [0.25, 0.3) is 5.76 Å². The molecule has 0 bridgehead atoms. The van der Waals surface area contributed by atoms with E-state index in [1.54, 1.807) is 10.8 Å². The van der Waals surface area contributed by atoms with Crippen LogP contribution >= 0.6 is 0 Å². The van der Waals surface area contributed by atoms with E-state index in [9.17, 15) is 9.90 Å². The fourth-order valence-electron chi connectivity index (χ4n) is 1.24. The second-order valence-corrected chi connectivity index (χ2v) is 3.32. The number of hydrogen-bond acceptors (Lipinski definition) is 7. The number of carbonyl (C=O) groups excluding carboxylic acids is 1. The third-order valence-corrected chi connectivity index (χ3v) is 2.01. The number of aromatic nitrogens is 6. The quantitative estimate of drug-likeness (QED) is 0.427. The zero-order valence-electron chi connectivity index (χ0n) is 9.44. The number of imidazole rings is 1. The summed E-state index contributed by atoms with van der Waals surface area (Å²) in [7, 11) is 1.54. The number of nitrogens with zero attached hydrogens (tertiary/aromatic N) is 5. The van der Waals surface area contributed by atoms with Crippen LogP contribution in [0.15, 0.2) is 18.6 Å². The minimum atomic E-state index is -0.567. The third kappa shape index (κ3) is 2.58. The van der Waals surface area contributed by atoms with Crippen LogP contribution in [-0.4, -0.2) is 48.2 Å². The first-order valence-electron chi connectivity index (χ1n) is 4.90. The number of methoxy groups -OCH3 is 1. The van der Waals surface area contributed by atoms with Crippen molar-refractivity contribution in [3.63, 3.8) is 0 Å². The van der Waals surface area contributed by atoms with E-state index in [4.69, 9.17) is 4.74 Å². The van der Waals surface area contributed by atoms with Crippen LogP contribution < -0.4 is 0 Å². The van der Waals surface area contributed by atoms with E-state index in [1.807, 2.05) is 0 Å². The van der Waals surface area contributed by atoms with Crippen LogP contribution in [0.1, 0.15) is 16.3 Å². The molecular weight excluding hydrogens is 240 g/mol. The highest BCUT2D eigenvalue weighted by molar-refractivity contribution is 6.04. The molecule has 0 unspecified atom stereocenters. The molecule has 0 saturated carbocycles. The molecule has 0 aliphatic rings. The van der Waals surface area contributed by atoms with Gasteiger partial charge in [-0.1, -0.05) is 0 Å². The normalized spacial score (nSPS) is 11.7. The molecule has 0 amide bonds. The lowest BCUT2D eigenvalue weighted by atomic mass is 10.3. The summed E-state index contributed by atoms with van der Waals surface area (Å²) in [6.45, 7) is 0.305. The smallest absolute Gasteiger partial charge is 0.244 e. The van der Waals surface area contributed by atoms with E-state index in [-0.39, 0.29) is 17.3 Å². The van der Waals surface area contributed by atoms with Crippen LogP contribution in [-0.2, 0) is 11.5 Å². The summed E-state index contributed by atoms with van der Waals surface area (Å²) in [6, 6.07) is 0. The van der Waals surface area contributed by atoms with Gasteiger partial charge in [-0.25, -0.2) is 4.98 Å². The van der Waals surface area contributed by atoms with Crippen molar-refractivity contribution in [1.29, 1.82) is 0 Å². The molecule has 2 N–H and O–H groups in total. The second kappa shape index (κ2) is 5.19. The fraction of sp³-hybridized carbons (Fsp3) is 0.222. The standard InChI is InChI=1S/C9H10N6O3/c1-18-5-15-3-6(10-4-15)7(16)2-8(17)9-11-13-14-12-9/h2-4,16H,5H2,1H3,(H,11,12,13,14). The van der Waals surface area contributed by atoms with Crippen molar-refractivity contribution >= 4 is 11.5 Å². The second-order valence-electron chi connectivity index (χ2n) is 3.32. The van der Waals surface area contributed by atoms with Crippen molar-refractivity contribution in [3.8, 4) is 0 Å². The predicted molar refractivity (Wildman–Crippen MR) is 58.4 cm³/mol. The molecule has 0 spiro atoms. The maximum Gasteiger partial charge on any atom is 0.244 e. The number of carbonyl (C=O) groups is 1. The average molecular weight is 250 g/mol. The van der Waals surface area contributed by atoms with Gasteiger partial charge >= 0.3 is 0 Å². The Morgan fingerprint density at radius 2 is 2.50 bits per heavy atom. The molecule has 0 fully saturated rings. The largest absolute Gasteiger partial charge is 0.505 e. The summed E-state index contributed by atoms with van der Waals surface area (Å²) in [5.41, 5.74) is 0.254. The lowest BCUT2D eigenvalue weighted by Crippen LogP contribution is -2.00. The third-order valence-electron chi connectivity index (χ3n) is 2.01. The van der Waals surface area contributed by atoms with Crippen LogP contribution in [0.5, 0.6) is 0 Å². The van der Waals surface area contributed by atoms with Crippen LogP contribution in [0.3, 0.4) is 0 Å². The molecule has 2 aromatic rings. The zero-order chi connectivity index (χ0) is 13.0. The van der Waals surface area contributed by atoms with Crippen molar-refractivity contribution < 1.29 is 14.6 Å². The van der Waals surface area contributed by atoms with Gasteiger partial charge < -0.3 is 14.4 Å². The van der Waals surface area contributed by atoms with Gasteiger partial charge in [0.15, 0.2) is 0 Å². The number of aliphatic hydroxyl groups excluding tert-OH is 1. The van der Waals surface area contributed by atoms with Crippen molar-refractivity contribution in [2.24, 2.45) is 0 Å². The summed E-state index contributed by atoms with van der Waals surface area (Å²) in [5.74, 6) is -0.972. The number of nitrogens with one attached hydrogen (secondary N) is 1. The molecule has 9 nitrogen and oxygen atoms in total. The summed E-state index contributed by atoms with van der Waals surface area (Å²) in [4.78, 5) is 15.5. The molecule has 0 radical (unpaired) electrons. The Balaban J connectivity index is 2.14. The highest BCUT2D eigenvalue weighted by Crippen LogP contribution is 2.09. The Hall–Kier alpha value is -2.55. The van der Waals surface area contributed by atoms with Crippen LogP contribution in [0, 0.1) is 0 Å². The first-order valence-corrected chi connectivity index (χ1v) is 4.90. The van der Waals surface area contributed by atoms with E-state index in [2.05, 4.69) is 25.6 Å². The number of tetrazole rings is 1. The van der Waals surface area contributed by atoms with Gasteiger partial charge in [-0.2, -0.15) is 5.21 Å². The first kappa shape index (κ1) is 11.9. The number of aromatic amines is 1. The van der Waals surface area contributed by atoms with Crippen molar-refractivity contribution in [2.45, 2.75) is 6.73 Å². The summed E-state index contributed by atoms with van der Waals surface area (Å²) >= 11 is 0. The minimum absolute atomic E-state index is 0.127. The first-order chi connectivity index (χ1) is 8.70. The van der Waals surface area contributed by atoms with E-state index in [1.165, 1.54) is 13.4 Å². The molecule has 2 aromatic heterocycles. The van der Waals surface area contributed by atoms with E-state index < -0.39 is 5.78 Å². The van der Waals surface area contributed by atoms with E-state index >= 15 is 0 Å². The van der Waals surface area contributed by atoms with Gasteiger partial charge in [-0.3, -0.25) is 4.79 Å². The van der Waals surface area contributed by atoms with Crippen molar-refractivity contribution in [2.75, 3.05) is 7.11 Å². The Labute approximate surface area is 101 Å². The van der Waals surface area contributed by atoms with Gasteiger partial charge in [0.1, 0.15) is 18.2 Å². The number of ketones is 1. The van der Waals surface area contributed by atoms with Crippen molar-refractivity contribution in [3.05, 3.63) is 30.1 Å². The van der Waals surface area contributed by atoms with E-state index in [0.717, 1.165) is 6.08 Å². The molecule has 94 valence electrons. The number of H-pyrrole nitrogens is 1. The molecule has 0 aromatic carbocycles. The summed E-state index contributed by atoms with van der Waals surface area (Å²) in [6.07, 6.45) is 3.99. The molecule has 2 heterocycles. The number of aliphatic hydroxyl groups is 1. The Bertz CT molecular complexity index is 559. The topological polar surface area (TPSA) is 119 Å². The van der Waals surface area contributed by atoms with Crippen LogP contribution in [0.2, 0.25) is 0 Å². The number of rotatable bonds is 5. The van der Waals surface area contributed by atoms with Crippen molar-refractivity contribution in [1.82, 2.24) is 30.2 Å². The lowest BCUT2D eigenvalue weighted by molar-refractivity contribution is 0.103. The molecular formula is C9H10N6O3. The number of hydrogen-bond donors (Lipinski definition) is 2. The molecule has 0 saturated heterocycles. The molecule has 18 heavy (non-hydrogen) atoms. The zero-order valence-corrected chi connectivity index (χ0v) is 9.44. The van der Waals surface area contributed by atoms with Gasteiger partial charge in [0, 0.05) is 19.4 Å². The molecule has 9 heteroatoms. The molecule has 0 atom stereocenters. The highest BCUT2D eigenvalue weighted by Gasteiger charge is 2.11. The Morgan fingerprint density at radius 1 is 1.67 bits per heavy atom. The highest BCUT2D eigenvalue weighted by atomic mass is 16.5. The molecule has 0 aliphatic carbocycles. The van der Waals surface area contributed by atoms with Gasteiger partial charge in [-0.15, -0.1) is 10.2 Å². The van der Waals surface area contributed by atoms with Crippen LogP contribution in [0.4, 0.5) is 0 Å². The Morgan fingerprint density at radius 3 is 3.17 bits per heavy atom. The Kier molecular flexibility index (Phi) is 3.44. The summed E-state index contributed by atoms with van der Waals surface area (Å²) in [5, 5.41) is 22.1. The maximum absolute atomic E-state index is 11.5. The average Bonchev–Trinajstić information content (AvgIpc) is 3.00. The van der Waals surface area contributed by atoms with Gasteiger partial charge in [0.2, 0.25) is 11.6 Å². The van der Waals surface area contributed by atoms with Gasteiger partial charge in [-0.05, 0) is 5.21 Å². The SMILES string of the molecule is COCn1cnc(C(O)=CC(=O)c2nn[nH]n2)c1. The summed E-state index contributed by atoms with van der Waals surface area (Å²) < 4.78 is 6.49. The monoisotopic (exact) mass is 250 g/mol. The number of allylic oxidation sites excluding steroid dienone is 1. The molecule has 0 aliphatic heterocycles. The maximum atomic E-state index is 11.5.